The first-order chi connectivity index (χ1) is 8.69. The molecule has 4 heteroatoms. The van der Waals surface area contributed by atoms with E-state index in [4.69, 9.17) is 10.5 Å². The molecule has 18 heavy (non-hydrogen) atoms. The Morgan fingerprint density at radius 1 is 1.44 bits per heavy atom. The molecule has 100 valence electrons. The van der Waals surface area contributed by atoms with Crippen LogP contribution in [-0.2, 0) is 16.1 Å². The second-order valence-corrected chi connectivity index (χ2v) is 4.33. The van der Waals surface area contributed by atoms with Crippen LogP contribution in [0.4, 0.5) is 5.69 Å². The van der Waals surface area contributed by atoms with Gasteiger partial charge < -0.3 is 15.8 Å². The van der Waals surface area contributed by atoms with Crippen LogP contribution in [0.2, 0.25) is 0 Å². The van der Waals surface area contributed by atoms with Crippen LogP contribution < -0.4 is 11.1 Å². The summed E-state index contributed by atoms with van der Waals surface area (Å²) in [6.07, 6.45) is 2.73. The minimum atomic E-state index is -0.444. The molecule has 0 aliphatic rings. The van der Waals surface area contributed by atoms with Gasteiger partial charge in [-0.15, -0.1) is 0 Å². The molecule has 1 amide bonds. The van der Waals surface area contributed by atoms with Crippen LogP contribution in [0.5, 0.6) is 0 Å². The van der Waals surface area contributed by atoms with Gasteiger partial charge in [0.05, 0.1) is 12.6 Å². The Morgan fingerprint density at radius 3 is 2.83 bits per heavy atom. The molecule has 1 atom stereocenters. The SMILES string of the molecule is CCCC[C@H](N)C(=O)Nc1ccccc1COC. The summed E-state index contributed by atoms with van der Waals surface area (Å²) in [5, 5.41) is 2.86. The van der Waals surface area contributed by atoms with Crippen molar-refractivity contribution >= 4 is 11.6 Å². The Hall–Kier alpha value is -1.39. The van der Waals surface area contributed by atoms with Gasteiger partial charge in [-0.05, 0) is 12.5 Å². The monoisotopic (exact) mass is 250 g/mol. The highest BCUT2D eigenvalue weighted by Crippen LogP contribution is 2.16. The van der Waals surface area contributed by atoms with Crippen molar-refractivity contribution in [2.24, 2.45) is 5.73 Å². The highest BCUT2D eigenvalue weighted by molar-refractivity contribution is 5.95. The molecule has 0 spiro atoms. The Labute approximate surface area is 109 Å². The fraction of sp³-hybridized carbons (Fsp3) is 0.500. The maximum Gasteiger partial charge on any atom is 0.241 e. The maximum atomic E-state index is 11.9. The number of rotatable bonds is 7. The van der Waals surface area contributed by atoms with E-state index >= 15 is 0 Å². The van der Waals surface area contributed by atoms with Crippen LogP contribution in [0.1, 0.15) is 31.7 Å². The number of anilines is 1. The molecule has 1 aromatic carbocycles. The summed E-state index contributed by atoms with van der Waals surface area (Å²) < 4.78 is 5.09. The molecule has 0 radical (unpaired) electrons. The molecule has 0 bridgehead atoms. The number of benzene rings is 1. The average Bonchev–Trinajstić information content (AvgIpc) is 2.38. The van der Waals surface area contributed by atoms with Crippen LogP contribution >= 0.6 is 0 Å². The van der Waals surface area contributed by atoms with E-state index in [2.05, 4.69) is 12.2 Å². The largest absolute Gasteiger partial charge is 0.380 e. The fourth-order valence-corrected chi connectivity index (χ4v) is 1.70. The van der Waals surface area contributed by atoms with Gasteiger partial charge in [0.1, 0.15) is 0 Å². The molecule has 0 saturated heterocycles. The summed E-state index contributed by atoms with van der Waals surface area (Å²) in [5.41, 5.74) is 7.56. The Morgan fingerprint density at radius 2 is 2.17 bits per heavy atom. The van der Waals surface area contributed by atoms with Crippen LogP contribution in [0.3, 0.4) is 0 Å². The maximum absolute atomic E-state index is 11.9. The van der Waals surface area contributed by atoms with Gasteiger partial charge in [0, 0.05) is 18.4 Å². The van der Waals surface area contributed by atoms with Crippen molar-refractivity contribution in [3.8, 4) is 0 Å². The first-order valence-corrected chi connectivity index (χ1v) is 6.32. The first kappa shape index (κ1) is 14.7. The molecule has 0 aromatic heterocycles. The quantitative estimate of drug-likeness (QED) is 0.780. The molecule has 4 nitrogen and oxygen atoms in total. The van der Waals surface area contributed by atoms with E-state index < -0.39 is 6.04 Å². The number of hydrogen-bond acceptors (Lipinski definition) is 3. The van der Waals surface area contributed by atoms with Crippen molar-refractivity contribution in [3.05, 3.63) is 29.8 Å². The van der Waals surface area contributed by atoms with Gasteiger partial charge in [-0.3, -0.25) is 4.79 Å². The van der Waals surface area contributed by atoms with Gasteiger partial charge >= 0.3 is 0 Å². The lowest BCUT2D eigenvalue weighted by Gasteiger charge is -2.14. The van der Waals surface area contributed by atoms with Crippen molar-refractivity contribution in [1.82, 2.24) is 0 Å². The zero-order valence-electron chi connectivity index (χ0n) is 11.1. The van der Waals surface area contributed by atoms with E-state index in [0.29, 0.717) is 6.61 Å². The van der Waals surface area contributed by atoms with Crippen molar-refractivity contribution in [2.45, 2.75) is 38.8 Å². The minimum absolute atomic E-state index is 0.132. The second-order valence-electron chi connectivity index (χ2n) is 4.33. The Bertz CT molecular complexity index is 380. The van der Waals surface area contributed by atoms with Crippen LogP contribution in [-0.4, -0.2) is 19.1 Å². The highest BCUT2D eigenvalue weighted by atomic mass is 16.5. The summed E-state index contributed by atoms with van der Waals surface area (Å²) in [6.45, 7) is 2.55. The molecule has 3 N–H and O–H groups in total. The summed E-state index contributed by atoms with van der Waals surface area (Å²) in [4.78, 5) is 11.9. The van der Waals surface area contributed by atoms with Gasteiger partial charge in [-0.1, -0.05) is 38.0 Å². The van der Waals surface area contributed by atoms with Crippen molar-refractivity contribution in [3.63, 3.8) is 0 Å². The van der Waals surface area contributed by atoms with Gasteiger partial charge in [-0.25, -0.2) is 0 Å². The molecule has 1 aromatic rings. The molecule has 0 heterocycles. The topological polar surface area (TPSA) is 64.4 Å². The molecule has 0 saturated carbocycles. The minimum Gasteiger partial charge on any atom is -0.380 e. The summed E-state index contributed by atoms with van der Waals surface area (Å²) >= 11 is 0. The van der Waals surface area contributed by atoms with Gasteiger partial charge in [0.2, 0.25) is 5.91 Å². The number of amides is 1. The number of hydrogen-bond donors (Lipinski definition) is 2. The Balaban J connectivity index is 2.63. The third-order valence-electron chi connectivity index (χ3n) is 2.78. The number of ether oxygens (including phenoxy) is 1. The molecule has 0 fully saturated rings. The van der Waals surface area contributed by atoms with Crippen molar-refractivity contribution in [2.75, 3.05) is 12.4 Å². The summed E-state index contributed by atoms with van der Waals surface area (Å²) in [7, 11) is 1.63. The summed E-state index contributed by atoms with van der Waals surface area (Å²) in [6, 6.07) is 7.14. The van der Waals surface area contributed by atoms with Crippen molar-refractivity contribution in [1.29, 1.82) is 0 Å². The first-order valence-electron chi connectivity index (χ1n) is 6.32. The molecule has 0 unspecified atom stereocenters. The standard InChI is InChI=1S/C14H22N2O2/c1-3-4-8-12(15)14(17)16-13-9-6-5-7-11(13)10-18-2/h5-7,9,12H,3-4,8,10,15H2,1-2H3,(H,16,17)/t12-/m0/s1. The number of nitrogens with two attached hydrogens (primary N) is 1. The van der Waals surface area contributed by atoms with E-state index in [9.17, 15) is 4.79 Å². The normalized spacial score (nSPS) is 12.2. The molecule has 0 aliphatic carbocycles. The van der Waals surface area contributed by atoms with Crippen molar-refractivity contribution < 1.29 is 9.53 Å². The fourth-order valence-electron chi connectivity index (χ4n) is 1.70. The molecular formula is C14H22N2O2. The lowest BCUT2D eigenvalue weighted by molar-refractivity contribution is -0.117. The van der Waals surface area contributed by atoms with E-state index in [1.54, 1.807) is 7.11 Å². The number of nitrogens with one attached hydrogen (secondary N) is 1. The number of carbonyl (C=O) groups is 1. The van der Waals surface area contributed by atoms with Crippen LogP contribution in [0, 0.1) is 0 Å². The summed E-state index contributed by atoms with van der Waals surface area (Å²) in [5.74, 6) is -0.132. The van der Waals surface area contributed by atoms with E-state index in [1.165, 1.54) is 0 Å². The van der Waals surface area contributed by atoms with E-state index in [0.717, 1.165) is 30.5 Å². The van der Waals surface area contributed by atoms with E-state index in [1.807, 2.05) is 24.3 Å². The average molecular weight is 250 g/mol. The number of carbonyl (C=O) groups excluding carboxylic acids is 1. The lowest BCUT2D eigenvalue weighted by atomic mass is 10.1. The zero-order chi connectivity index (χ0) is 13.4. The van der Waals surface area contributed by atoms with Crippen LogP contribution in [0.25, 0.3) is 0 Å². The molecule has 1 rings (SSSR count). The lowest BCUT2D eigenvalue weighted by Crippen LogP contribution is -2.35. The smallest absolute Gasteiger partial charge is 0.241 e. The Kier molecular flexibility index (Phi) is 6.39. The zero-order valence-corrected chi connectivity index (χ0v) is 11.1. The third kappa shape index (κ3) is 4.47. The third-order valence-corrected chi connectivity index (χ3v) is 2.78. The van der Waals surface area contributed by atoms with Crippen LogP contribution in [0.15, 0.2) is 24.3 Å². The molecule has 0 aliphatic heterocycles. The molecular weight excluding hydrogens is 228 g/mol. The van der Waals surface area contributed by atoms with Gasteiger partial charge in [-0.2, -0.15) is 0 Å². The highest BCUT2D eigenvalue weighted by Gasteiger charge is 2.14. The predicted molar refractivity (Wildman–Crippen MR) is 73.3 cm³/mol. The predicted octanol–water partition coefficient (Wildman–Crippen LogP) is 2.29. The number of para-hydroxylation sites is 1. The number of unbranched alkanes of at least 4 members (excludes halogenated alkanes) is 1. The van der Waals surface area contributed by atoms with Gasteiger partial charge in [0.25, 0.3) is 0 Å². The second kappa shape index (κ2) is 7.84. The van der Waals surface area contributed by atoms with E-state index in [-0.39, 0.29) is 5.91 Å². The number of methoxy groups -OCH3 is 1. The van der Waals surface area contributed by atoms with Gasteiger partial charge in [0.15, 0.2) is 0 Å².